The quantitative estimate of drug-likeness (QED) is 0.0805. The number of benzene rings is 4. The highest BCUT2D eigenvalue weighted by Gasteiger charge is 2.31. The fourth-order valence-corrected chi connectivity index (χ4v) is 8.15. The van der Waals surface area contributed by atoms with Crippen molar-refractivity contribution in [3.05, 3.63) is 149 Å². The smallest absolute Gasteiger partial charge is 0.322 e. The zero-order valence-corrected chi connectivity index (χ0v) is 34.3. The van der Waals surface area contributed by atoms with Gasteiger partial charge in [-0.25, -0.2) is 28.7 Å². The summed E-state index contributed by atoms with van der Waals surface area (Å²) in [5.41, 5.74) is 7.02. The number of carbonyl (C=O) groups is 1. The predicted molar refractivity (Wildman–Crippen MR) is 235 cm³/mol. The van der Waals surface area contributed by atoms with E-state index in [-0.39, 0.29) is 11.9 Å². The van der Waals surface area contributed by atoms with Gasteiger partial charge in [-0.3, -0.25) is 14.6 Å². The minimum atomic E-state index is -0.843. The molecule has 15 heteroatoms. The summed E-state index contributed by atoms with van der Waals surface area (Å²) < 4.78 is 27.6. The lowest BCUT2D eigenvalue weighted by Crippen LogP contribution is -2.53. The summed E-state index contributed by atoms with van der Waals surface area (Å²) in [6.07, 6.45) is 4.29. The van der Waals surface area contributed by atoms with Crippen molar-refractivity contribution in [1.29, 1.82) is 0 Å². The lowest BCUT2D eigenvalue weighted by atomic mass is 10.0. The Hall–Kier alpha value is -6.39. The van der Waals surface area contributed by atoms with Crippen molar-refractivity contribution in [1.82, 2.24) is 40.4 Å². The Morgan fingerprint density at radius 2 is 1.52 bits per heavy atom. The Kier molecular flexibility index (Phi) is 13.6. The molecule has 13 nitrogen and oxygen atoms in total. The standard InChI is InChI=1S/C47H50F2N10O3/c48-38-26-33(27-39(49)29-38)11-15-52-46-53-16-12-41(55-46)36-5-2-6-37(28-36)44(58-23-18-50-19-24-58)59(21-14-32-7-9-40(60)10-8-32)47-54-17-13-42(56-47)35-4-1-3-34(25-35)30-57-22-20-51-43(31-57)45(61)62/h1-10,12-13,16-17,25-29,43-44,50-51,60H,11,14-15,18-24,30-31H2,(H,61,62)(H,52,53,55). The van der Waals surface area contributed by atoms with Gasteiger partial charge in [0.15, 0.2) is 0 Å². The van der Waals surface area contributed by atoms with E-state index in [0.717, 1.165) is 72.3 Å². The number of nitrogens with one attached hydrogen (secondary N) is 3. The summed E-state index contributed by atoms with van der Waals surface area (Å²) in [5, 5.41) is 29.4. The first-order valence-corrected chi connectivity index (χ1v) is 21.0. The molecule has 0 bridgehead atoms. The number of phenolic OH excluding ortho intramolecular Hbond substituents is 1. The van der Waals surface area contributed by atoms with Gasteiger partial charge in [0.25, 0.3) is 0 Å². The number of nitrogens with zero attached hydrogens (tertiary/aromatic N) is 7. The lowest BCUT2D eigenvalue weighted by Gasteiger charge is -2.42. The van der Waals surface area contributed by atoms with E-state index >= 15 is 0 Å². The highest BCUT2D eigenvalue weighted by Crippen LogP contribution is 2.33. The third-order valence-corrected chi connectivity index (χ3v) is 11.2. The number of anilines is 2. The van der Waals surface area contributed by atoms with Crippen LogP contribution in [0.5, 0.6) is 5.75 Å². The maximum Gasteiger partial charge on any atom is 0.322 e. The number of carboxylic acids is 1. The third-order valence-electron chi connectivity index (χ3n) is 11.2. The van der Waals surface area contributed by atoms with Crippen molar-refractivity contribution in [3.63, 3.8) is 0 Å². The largest absolute Gasteiger partial charge is 0.508 e. The first-order chi connectivity index (χ1) is 30.2. The maximum atomic E-state index is 13.8. The summed E-state index contributed by atoms with van der Waals surface area (Å²) in [6.45, 7) is 6.60. The van der Waals surface area contributed by atoms with Crippen LogP contribution in [0.2, 0.25) is 0 Å². The van der Waals surface area contributed by atoms with Gasteiger partial charge in [-0.2, -0.15) is 0 Å². The summed E-state index contributed by atoms with van der Waals surface area (Å²) in [5.74, 6) is -0.874. The van der Waals surface area contributed by atoms with Gasteiger partial charge < -0.3 is 31.1 Å². The van der Waals surface area contributed by atoms with Crippen LogP contribution < -0.4 is 20.9 Å². The molecular formula is C47H50F2N10O3. The molecule has 62 heavy (non-hydrogen) atoms. The molecule has 2 saturated heterocycles. The van der Waals surface area contributed by atoms with Gasteiger partial charge in [0.05, 0.1) is 11.4 Å². The Labute approximate surface area is 359 Å². The molecule has 4 aromatic carbocycles. The Morgan fingerprint density at radius 3 is 2.29 bits per heavy atom. The van der Waals surface area contributed by atoms with E-state index in [1.165, 1.54) is 12.1 Å². The molecule has 2 atom stereocenters. The number of aromatic hydroxyl groups is 1. The second-order valence-electron chi connectivity index (χ2n) is 15.6. The van der Waals surface area contributed by atoms with Gasteiger partial charge in [-0.1, -0.05) is 48.5 Å². The number of carboxylic acid groups (broad SMARTS) is 1. The molecular weight excluding hydrogens is 791 g/mol. The summed E-state index contributed by atoms with van der Waals surface area (Å²) in [6, 6.07) is 30.5. The maximum absolute atomic E-state index is 13.8. The van der Waals surface area contributed by atoms with Crippen LogP contribution in [0, 0.1) is 11.6 Å². The van der Waals surface area contributed by atoms with Crippen molar-refractivity contribution >= 4 is 17.9 Å². The SMILES string of the molecule is O=C(O)C1CN(Cc2cccc(-c3ccnc(N(CCc4ccc(O)cc4)C(c4cccc(-c5ccnc(NCCc6cc(F)cc(F)c6)n5)c4)N4CCNCC4)n3)c2)CCN1. The van der Waals surface area contributed by atoms with Gasteiger partial charge in [-0.15, -0.1) is 0 Å². The molecule has 2 aromatic heterocycles. The molecule has 6 aromatic rings. The molecule has 4 heterocycles. The summed E-state index contributed by atoms with van der Waals surface area (Å²) in [7, 11) is 0. The normalized spacial score (nSPS) is 16.5. The second kappa shape index (κ2) is 20.0. The van der Waals surface area contributed by atoms with Crippen LogP contribution in [-0.2, 0) is 24.2 Å². The van der Waals surface area contributed by atoms with Crippen LogP contribution in [0.1, 0.15) is 28.4 Å². The first kappa shape index (κ1) is 42.3. The van der Waals surface area contributed by atoms with E-state index in [1.54, 1.807) is 24.5 Å². The van der Waals surface area contributed by atoms with E-state index in [1.807, 2.05) is 48.5 Å². The van der Waals surface area contributed by atoms with Crippen LogP contribution in [0.25, 0.3) is 22.5 Å². The molecule has 0 spiro atoms. The molecule has 0 amide bonds. The van der Waals surface area contributed by atoms with Gasteiger partial charge in [0, 0.05) is 95.0 Å². The van der Waals surface area contributed by atoms with Crippen molar-refractivity contribution in [2.45, 2.75) is 31.6 Å². The number of hydrogen-bond acceptors (Lipinski definition) is 12. The van der Waals surface area contributed by atoms with Crippen molar-refractivity contribution in [3.8, 4) is 28.3 Å². The zero-order valence-electron chi connectivity index (χ0n) is 34.3. The molecule has 2 aliphatic rings. The van der Waals surface area contributed by atoms with Gasteiger partial charge in [-0.05, 0) is 83.6 Å². The first-order valence-electron chi connectivity index (χ1n) is 21.0. The fourth-order valence-electron chi connectivity index (χ4n) is 8.15. The minimum absolute atomic E-state index is 0.211. The Bertz CT molecular complexity index is 2430. The number of halogens is 2. The number of rotatable bonds is 16. The highest BCUT2D eigenvalue weighted by molar-refractivity contribution is 5.74. The predicted octanol–water partition coefficient (Wildman–Crippen LogP) is 5.75. The number of phenols is 1. The van der Waals surface area contributed by atoms with Gasteiger partial charge in [0.1, 0.15) is 29.6 Å². The van der Waals surface area contributed by atoms with Gasteiger partial charge in [0.2, 0.25) is 11.9 Å². The van der Waals surface area contributed by atoms with Gasteiger partial charge >= 0.3 is 5.97 Å². The zero-order chi connectivity index (χ0) is 42.8. The summed E-state index contributed by atoms with van der Waals surface area (Å²) >= 11 is 0. The second-order valence-corrected chi connectivity index (χ2v) is 15.6. The van der Waals surface area contributed by atoms with E-state index in [2.05, 4.69) is 59.9 Å². The van der Waals surface area contributed by atoms with Crippen molar-refractivity contribution in [2.75, 3.05) is 69.1 Å². The van der Waals surface area contributed by atoms with E-state index < -0.39 is 23.6 Å². The van der Waals surface area contributed by atoms with E-state index in [9.17, 15) is 23.8 Å². The molecule has 2 aliphatic heterocycles. The molecule has 0 saturated carbocycles. The third kappa shape index (κ3) is 10.9. The number of aromatic nitrogens is 4. The van der Waals surface area contributed by atoms with E-state index in [4.69, 9.17) is 15.0 Å². The lowest BCUT2D eigenvalue weighted by molar-refractivity contribution is -0.140. The van der Waals surface area contributed by atoms with Crippen LogP contribution >= 0.6 is 0 Å². The molecule has 320 valence electrons. The van der Waals surface area contributed by atoms with Crippen LogP contribution in [0.3, 0.4) is 0 Å². The average Bonchev–Trinajstić information content (AvgIpc) is 3.29. The van der Waals surface area contributed by atoms with Crippen molar-refractivity contribution in [2.24, 2.45) is 0 Å². The van der Waals surface area contributed by atoms with Crippen LogP contribution in [0.15, 0.2) is 116 Å². The minimum Gasteiger partial charge on any atom is -0.508 e. The summed E-state index contributed by atoms with van der Waals surface area (Å²) in [4.78, 5) is 38.0. The average molecular weight is 841 g/mol. The van der Waals surface area contributed by atoms with Crippen LogP contribution in [0.4, 0.5) is 20.7 Å². The topological polar surface area (TPSA) is 155 Å². The molecule has 2 unspecified atom stereocenters. The molecule has 0 radical (unpaired) electrons. The molecule has 0 aliphatic carbocycles. The van der Waals surface area contributed by atoms with Crippen LogP contribution in [-0.4, -0.2) is 111 Å². The molecule has 5 N–H and O–H groups in total. The van der Waals surface area contributed by atoms with E-state index in [0.29, 0.717) is 68.7 Å². The molecule has 8 rings (SSSR count). The van der Waals surface area contributed by atoms with Crippen molar-refractivity contribution < 1.29 is 23.8 Å². The monoisotopic (exact) mass is 840 g/mol. The fraction of sp³-hybridized carbons (Fsp3) is 0.298. The Balaban J connectivity index is 1.10. The molecule has 2 fully saturated rings. The number of aliphatic carboxylic acids is 1. The Morgan fingerprint density at radius 1 is 0.790 bits per heavy atom. The number of hydrogen-bond donors (Lipinski definition) is 5. The number of piperazine rings is 2. The highest BCUT2D eigenvalue weighted by atomic mass is 19.1.